The number of nitrogens with one attached hydrogen (secondary N) is 8. The Morgan fingerprint density at radius 3 is 0.874 bits per heavy atom. The predicted octanol–water partition coefficient (Wildman–Crippen LogP) is 10.2. The second-order valence-corrected chi connectivity index (χ2v) is 26.8. The Balaban J connectivity index is 0.901. The second kappa shape index (κ2) is 31.8. The molecule has 0 saturated heterocycles. The van der Waals surface area contributed by atoms with E-state index >= 15 is 4.79 Å². The number of hydrogen-bond donors (Lipinski definition) is 17. The van der Waals surface area contributed by atoms with Crippen LogP contribution in [0.5, 0.6) is 0 Å². The minimum Gasteiger partial charge on any atom is -0.480 e. The monoisotopic (exact) mass is 1500 g/mol. The zero-order chi connectivity index (χ0) is 79.3. The van der Waals surface area contributed by atoms with Crippen LogP contribution in [-0.2, 0) is 48.0 Å². The van der Waals surface area contributed by atoms with Crippen molar-refractivity contribution in [3.63, 3.8) is 0 Å². The van der Waals surface area contributed by atoms with Crippen molar-refractivity contribution < 1.29 is 108 Å². The quantitative estimate of drug-likeness (QED) is 0.0186. The van der Waals surface area contributed by atoms with Gasteiger partial charge in [-0.3, -0.25) is 14.4 Å². The number of carbonyl (C=O) groups is 13. The maximum Gasteiger partial charge on any atom is 0.335 e. The first kappa shape index (κ1) is 76.0. The van der Waals surface area contributed by atoms with Gasteiger partial charge in [-0.15, -0.1) is 0 Å². The molecule has 5 amide bonds. The minimum absolute atomic E-state index is 0.0363. The number of carboxylic acid groups (broad SMARTS) is 9. The number of aromatic amines is 3. The molecule has 564 valence electrons. The van der Waals surface area contributed by atoms with E-state index in [1.807, 2.05) is 12.1 Å². The molecule has 11 aromatic rings. The second-order valence-electron chi connectivity index (χ2n) is 26.8. The molecule has 30 nitrogen and oxygen atoms in total. The Morgan fingerprint density at radius 2 is 0.604 bits per heavy atom. The third-order valence-corrected chi connectivity index (χ3v) is 19.7. The number of H-pyrrole nitrogens is 3. The summed E-state index contributed by atoms with van der Waals surface area (Å²) in [6, 6.07) is 36.5. The molecule has 0 bridgehead atoms. The fourth-order valence-electron chi connectivity index (χ4n) is 14.4. The number of aromatic nitrogens is 3. The standard InChI is InChI=1S/C81H68N8O22/c90-64(82-61(77(105)106)36-55-50-13-5-8-18-58(50)85-67(55)39-27-42(71(93)94)33-43(28-39)72(95)96)21-24-81(89-80(111)88-70-53-16-3-1-11-48(53)49-12-2-4-17-54(49)70,25-22-65(91)83-62(78(107)108)37-56-51-14-6-9-19-59(51)86-68(56)40-29-44(73(97)98)34-45(30-40)74(99)100)26-23-66(92)84-63(79(109)110)38-57-52-15-7-10-20-60(52)87-69(57)41-31-46(75(101)102)35-47(32-41)76(103)104/h1-20,27-35,61-63,70,85-87H,21-26,36-38H2,(H,82,90)(H,83,91)(H,84,92)(H,93,94)(H,95,96)(H,97,98)(H,99,100)(H,101,102)(H,103,104)(H,105,106)(H,107,108)(H,109,110)(H2,88,89,111)/t61-,62-,63-/m0/s1. The van der Waals surface area contributed by atoms with E-state index in [0.717, 1.165) is 29.3 Å². The molecule has 0 spiro atoms. The Hall–Kier alpha value is -14.7. The lowest BCUT2D eigenvalue weighted by Crippen LogP contribution is -2.55. The van der Waals surface area contributed by atoms with E-state index in [2.05, 4.69) is 41.5 Å². The van der Waals surface area contributed by atoms with Crippen LogP contribution in [0, 0.1) is 0 Å². The van der Waals surface area contributed by atoms with E-state index in [1.54, 1.807) is 109 Å². The van der Waals surface area contributed by atoms with Crippen LogP contribution in [0.2, 0.25) is 0 Å². The largest absolute Gasteiger partial charge is 0.480 e. The number of hydrogen-bond acceptors (Lipinski definition) is 13. The molecule has 1 aliphatic rings. The highest BCUT2D eigenvalue weighted by Gasteiger charge is 2.39. The molecule has 0 fully saturated rings. The van der Waals surface area contributed by atoms with Crippen LogP contribution in [0.15, 0.2) is 176 Å². The summed E-state index contributed by atoms with van der Waals surface area (Å²) in [5.74, 6) is -16.6. The molecular formula is C81H68N8O22. The zero-order valence-electron chi connectivity index (χ0n) is 58.2. The molecule has 8 aromatic carbocycles. The lowest BCUT2D eigenvalue weighted by atomic mass is 9.83. The van der Waals surface area contributed by atoms with Gasteiger partial charge in [0.05, 0.1) is 39.4 Å². The lowest BCUT2D eigenvalue weighted by molar-refractivity contribution is -0.142. The van der Waals surface area contributed by atoms with Gasteiger partial charge < -0.3 is 87.5 Å². The Morgan fingerprint density at radius 1 is 0.342 bits per heavy atom. The SMILES string of the molecule is O=C(CCC(CCC(=O)N[C@@H](Cc1c(-c2cc(C(=O)O)cc(C(=O)O)c2)[nH]c2ccccc12)C(=O)O)(CCC(=O)N[C@@H](Cc1c(-c2cc(C(=O)O)cc(C(=O)O)c2)[nH]c2ccccc12)C(=O)O)NC(=O)NC1c2ccccc2-c2ccccc21)N[C@@H](Cc1c(-c2cc(C(=O)O)cc(C(=O)O)c2)[nH]c2ccccc12)C(=O)O. The third kappa shape index (κ3) is 16.6. The van der Waals surface area contributed by atoms with E-state index in [1.165, 1.54) is 36.4 Å². The van der Waals surface area contributed by atoms with Crippen molar-refractivity contribution in [3.05, 3.63) is 237 Å². The van der Waals surface area contributed by atoms with Crippen molar-refractivity contribution in [1.29, 1.82) is 0 Å². The van der Waals surface area contributed by atoms with Crippen LogP contribution in [0.25, 0.3) is 77.6 Å². The first-order chi connectivity index (χ1) is 53.0. The highest BCUT2D eigenvalue weighted by Crippen LogP contribution is 2.44. The van der Waals surface area contributed by atoms with Crippen molar-refractivity contribution in [2.24, 2.45) is 0 Å². The van der Waals surface area contributed by atoms with Crippen molar-refractivity contribution in [2.75, 3.05) is 0 Å². The maximum atomic E-state index is 15.3. The van der Waals surface area contributed by atoms with Gasteiger partial charge in [-0.2, -0.15) is 0 Å². The van der Waals surface area contributed by atoms with E-state index < -0.39 is 198 Å². The van der Waals surface area contributed by atoms with Crippen molar-refractivity contribution in [3.8, 4) is 44.9 Å². The predicted molar refractivity (Wildman–Crippen MR) is 399 cm³/mol. The number of urea groups is 1. The van der Waals surface area contributed by atoms with Gasteiger partial charge in [-0.05, 0) is 148 Å². The fourth-order valence-corrected chi connectivity index (χ4v) is 14.4. The van der Waals surface area contributed by atoms with Gasteiger partial charge in [0.25, 0.3) is 0 Å². The van der Waals surface area contributed by atoms with Crippen LogP contribution < -0.4 is 26.6 Å². The van der Waals surface area contributed by atoms with E-state index in [4.69, 9.17) is 0 Å². The maximum absolute atomic E-state index is 15.3. The number of carbonyl (C=O) groups excluding carboxylic acids is 4. The third-order valence-electron chi connectivity index (χ3n) is 19.7. The van der Waals surface area contributed by atoms with Gasteiger partial charge in [0.2, 0.25) is 17.7 Å². The Labute approximate surface area is 626 Å². The Kier molecular flexibility index (Phi) is 21.7. The van der Waals surface area contributed by atoms with Gasteiger partial charge in [0, 0.05) is 93.9 Å². The molecule has 0 aliphatic heterocycles. The van der Waals surface area contributed by atoms with Crippen molar-refractivity contribution >= 4 is 110 Å². The average molecular weight is 1510 g/mol. The first-order valence-electron chi connectivity index (χ1n) is 34.5. The topological polar surface area (TPSA) is 512 Å². The lowest BCUT2D eigenvalue weighted by Gasteiger charge is -2.36. The van der Waals surface area contributed by atoms with Crippen LogP contribution in [0.3, 0.4) is 0 Å². The number of aliphatic carboxylic acids is 3. The van der Waals surface area contributed by atoms with Gasteiger partial charge in [-0.25, -0.2) is 47.9 Å². The molecule has 1 aliphatic carbocycles. The smallest absolute Gasteiger partial charge is 0.335 e. The zero-order valence-corrected chi connectivity index (χ0v) is 58.2. The summed E-state index contributed by atoms with van der Waals surface area (Å²) < 4.78 is 0. The number of benzene rings is 8. The molecule has 111 heavy (non-hydrogen) atoms. The van der Waals surface area contributed by atoms with Crippen LogP contribution >= 0.6 is 0 Å². The van der Waals surface area contributed by atoms with Gasteiger partial charge in [-0.1, -0.05) is 103 Å². The number of rotatable bonds is 32. The summed E-state index contributed by atoms with van der Waals surface area (Å²) in [4.78, 5) is 184. The molecule has 0 unspecified atom stereocenters. The molecule has 3 aromatic heterocycles. The van der Waals surface area contributed by atoms with Gasteiger partial charge >= 0.3 is 59.8 Å². The highest BCUT2D eigenvalue weighted by molar-refractivity contribution is 6.02. The van der Waals surface area contributed by atoms with Crippen molar-refractivity contribution in [2.45, 2.75) is 87.5 Å². The Bertz CT molecular complexity index is 5090. The summed E-state index contributed by atoms with van der Waals surface area (Å²) in [7, 11) is 0. The number of fused-ring (bicyclic) bond motifs is 6. The van der Waals surface area contributed by atoms with Crippen LogP contribution in [-0.4, -0.2) is 162 Å². The van der Waals surface area contributed by atoms with Crippen molar-refractivity contribution in [1.82, 2.24) is 41.5 Å². The molecular weight excluding hydrogens is 1440 g/mol. The average Bonchev–Trinajstić information content (AvgIpc) is 1.63. The van der Waals surface area contributed by atoms with Gasteiger partial charge in [0.15, 0.2) is 0 Å². The normalized spacial score (nSPS) is 12.6. The number of aromatic carboxylic acids is 6. The molecule has 17 N–H and O–H groups in total. The fraction of sp³-hybridized carbons (Fsp3) is 0.173. The summed E-state index contributed by atoms with van der Waals surface area (Å²) in [6.07, 6.45) is -5.47. The first-order valence-corrected chi connectivity index (χ1v) is 34.5. The van der Waals surface area contributed by atoms with Gasteiger partial charge in [0.1, 0.15) is 18.1 Å². The molecule has 12 rings (SSSR count). The molecule has 0 saturated carbocycles. The summed E-state index contributed by atoms with van der Waals surface area (Å²) in [5.41, 5.74) is 0.624. The summed E-state index contributed by atoms with van der Waals surface area (Å²) >= 11 is 0. The molecule has 30 heteroatoms. The van der Waals surface area contributed by atoms with E-state index in [9.17, 15) is 103 Å². The summed E-state index contributed by atoms with van der Waals surface area (Å²) in [5, 5.41) is 108. The summed E-state index contributed by atoms with van der Waals surface area (Å²) in [6.45, 7) is 0. The molecule has 0 radical (unpaired) electrons. The highest BCUT2D eigenvalue weighted by atomic mass is 16.4. The number of para-hydroxylation sites is 3. The van der Waals surface area contributed by atoms with E-state index in [0.29, 0.717) is 43.8 Å². The van der Waals surface area contributed by atoms with E-state index in [-0.39, 0.29) is 50.5 Å². The molecule has 3 heterocycles. The molecule has 3 atom stereocenters. The number of carboxylic acids is 9. The van der Waals surface area contributed by atoms with Crippen LogP contribution in [0.1, 0.15) is 135 Å². The number of amides is 5. The minimum atomic E-state index is -2.01. The van der Waals surface area contributed by atoms with Crippen LogP contribution in [0.4, 0.5) is 4.79 Å².